The van der Waals surface area contributed by atoms with Crippen LogP contribution in [0.5, 0.6) is 0 Å². The van der Waals surface area contributed by atoms with Gasteiger partial charge in [0.1, 0.15) is 10.7 Å². The van der Waals surface area contributed by atoms with Crippen LogP contribution in [0, 0.1) is 0 Å². The van der Waals surface area contributed by atoms with Gasteiger partial charge in [-0.1, -0.05) is 23.7 Å². The Bertz CT molecular complexity index is 803. The van der Waals surface area contributed by atoms with Gasteiger partial charge in [-0.05, 0) is 31.3 Å². The number of piperazine rings is 1. The van der Waals surface area contributed by atoms with Crippen molar-refractivity contribution >= 4 is 33.1 Å². The molecule has 24 heavy (non-hydrogen) atoms. The second kappa shape index (κ2) is 6.96. The number of hydrogen-bond donors (Lipinski definition) is 1. The monoisotopic (exact) mass is 366 g/mol. The fourth-order valence-electron chi connectivity index (χ4n) is 2.55. The summed E-state index contributed by atoms with van der Waals surface area (Å²) in [5, 5.41) is 0.180. The summed E-state index contributed by atoms with van der Waals surface area (Å²) in [6, 6.07) is 9.86. The number of pyridine rings is 1. The van der Waals surface area contributed by atoms with Gasteiger partial charge in [0.05, 0.1) is 16.9 Å². The highest BCUT2D eigenvalue weighted by Gasteiger charge is 2.19. The Kier molecular flexibility index (Phi) is 4.93. The molecule has 1 aliphatic rings. The lowest BCUT2D eigenvalue weighted by Gasteiger charge is -2.33. The first-order valence-electron chi connectivity index (χ1n) is 7.62. The first-order chi connectivity index (χ1) is 11.5. The highest BCUT2D eigenvalue weighted by atomic mass is 35.5. The molecule has 0 unspecified atom stereocenters. The molecule has 3 rings (SSSR count). The average molecular weight is 367 g/mol. The minimum atomic E-state index is -3.75. The number of hydrogen-bond acceptors (Lipinski definition) is 5. The van der Waals surface area contributed by atoms with E-state index in [2.05, 4.69) is 26.6 Å². The van der Waals surface area contributed by atoms with Gasteiger partial charge in [-0.3, -0.25) is 4.72 Å². The van der Waals surface area contributed by atoms with Gasteiger partial charge in [-0.25, -0.2) is 13.4 Å². The molecule has 0 bridgehead atoms. The van der Waals surface area contributed by atoms with Crippen LogP contribution < -0.4 is 9.62 Å². The third-order valence-electron chi connectivity index (χ3n) is 3.98. The van der Waals surface area contributed by atoms with E-state index in [1.54, 1.807) is 30.5 Å². The van der Waals surface area contributed by atoms with E-state index in [0.29, 0.717) is 0 Å². The Balaban J connectivity index is 1.73. The number of benzene rings is 1. The number of nitrogens with zero attached hydrogens (tertiary/aromatic N) is 3. The largest absolute Gasteiger partial charge is 0.368 e. The Morgan fingerprint density at radius 2 is 1.79 bits per heavy atom. The third-order valence-corrected chi connectivity index (χ3v) is 5.84. The molecule has 1 fully saturated rings. The molecule has 0 spiro atoms. The second-order valence-corrected chi connectivity index (χ2v) is 7.79. The molecule has 1 aromatic carbocycles. The fraction of sp³-hybridized carbons (Fsp3) is 0.312. The number of likely N-dealkylation sites (N-methyl/N-ethyl adjacent to an activating group) is 1. The minimum Gasteiger partial charge on any atom is -0.368 e. The van der Waals surface area contributed by atoms with Crippen molar-refractivity contribution < 1.29 is 8.42 Å². The molecule has 8 heteroatoms. The Hall–Kier alpha value is -1.83. The summed E-state index contributed by atoms with van der Waals surface area (Å²) in [5.74, 6) is 0.271. The Morgan fingerprint density at radius 3 is 2.42 bits per heavy atom. The van der Waals surface area contributed by atoms with E-state index >= 15 is 0 Å². The lowest BCUT2D eigenvalue weighted by Crippen LogP contribution is -2.44. The summed E-state index contributed by atoms with van der Waals surface area (Å²) < 4.78 is 27.2. The molecule has 0 saturated carbocycles. The molecule has 1 N–H and O–H groups in total. The summed E-state index contributed by atoms with van der Waals surface area (Å²) in [7, 11) is -1.65. The van der Waals surface area contributed by atoms with Crippen molar-refractivity contribution in [2.45, 2.75) is 4.90 Å². The smallest absolute Gasteiger partial charge is 0.264 e. The molecule has 1 aliphatic heterocycles. The van der Waals surface area contributed by atoms with E-state index in [0.717, 1.165) is 31.9 Å². The van der Waals surface area contributed by atoms with Crippen LogP contribution in [0.3, 0.4) is 0 Å². The van der Waals surface area contributed by atoms with Crippen LogP contribution in [0.4, 0.5) is 11.5 Å². The van der Waals surface area contributed by atoms with Crippen molar-refractivity contribution in [3.05, 3.63) is 47.6 Å². The normalized spacial score (nSPS) is 16.2. The fourth-order valence-corrected chi connectivity index (χ4v) is 4.08. The second-order valence-electron chi connectivity index (χ2n) is 5.73. The summed E-state index contributed by atoms with van der Waals surface area (Å²) in [4.78, 5) is 8.77. The van der Waals surface area contributed by atoms with E-state index in [1.807, 2.05) is 6.07 Å². The maximum absolute atomic E-state index is 12.4. The zero-order valence-electron chi connectivity index (χ0n) is 13.3. The van der Waals surface area contributed by atoms with E-state index in [1.165, 1.54) is 6.07 Å². The summed E-state index contributed by atoms with van der Waals surface area (Å²) in [6.45, 7) is 3.87. The highest BCUT2D eigenvalue weighted by Crippen LogP contribution is 2.23. The molecule has 128 valence electrons. The van der Waals surface area contributed by atoms with Crippen LogP contribution in [-0.2, 0) is 10.0 Å². The van der Waals surface area contributed by atoms with E-state index in [-0.39, 0.29) is 15.7 Å². The summed E-state index contributed by atoms with van der Waals surface area (Å²) >= 11 is 5.96. The number of halogens is 1. The van der Waals surface area contributed by atoms with Gasteiger partial charge in [0, 0.05) is 26.2 Å². The molecular weight excluding hydrogens is 348 g/mol. The van der Waals surface area contributed by atoms with Gasteiger partial charge in [0.25, 0.3) is 10.0 Å². The first kappa shape index (κ1) is 17.0. The molecule has 1 saturated heterocycles. The van der Waals surface area contributed by atoms with E-state index < -0.39 is 10.0 Å². The molecule has 0 radical (unpaired) electrons. The lowest BCUT2D eigenvalue weighted by atomic mass is 10.3. The zero-order valence-corrected chi connectivity index (χ0v) is 14.9. The van der Waals surface area contributed by atoms with Crippen LogP contribution in [0.2, 0.25) is 5.02 Å². The number of aromatic nitrogens is 1. The lowest BCUT2D eigenvalue weighted by molar-refractivity contribution is 0.313. The predicted octanol–water partition coefficient (Wildman–Crippen LogP) is 2.29. The molecule has 2 heterocycles. The van der Waals surface area contributed by atoms with Crippen LogP contribution in [0.15, 0.2) is 47.5 Å². The quantitative estimate of drug-likeness (QED) is 0.899. The minimum absolute atomic E-state index is 0.0385. The number of rotatable bonds is 4. The van der Waals surface area contributed by atoms with Crippen molar-refractivity contribution in [3.8, 4) is 0 Å². The summed E-state index contributed by atoms with van der Waals surface area (Å²) in [5.41, 5.74) is 0.990. The first-order valence-corrected chi connectivity index (χ1v) is 9.49. The Labute approximate surface area is 147 Å². The maximum atomic E-state index is 12.4. The molecule has 1 aromatic heterocycles. The van der Waals surface area contributed by atoms with Crippen LogP contribution in [0.25, 0.3) is 0 Å². The number of sulfonamides is 1. The number of anilines is 2. The van der Waals surface area contributed by atoms with Gasteiger partial charge in [-0.2, -0.15) is 0 Å². The summed E-state index contributed by atoms with van der Waals surface area (Å²) in [6.07, 6.45) is 1.69. The number of nitrogens with one attached hydrogen (secondary N) is 1. The van der Waals surface area contributed by atoms with Crippen molar-refractivity contribution in [2.75, 3.05) is 42.8 Å². The van der Waals surface area contributed by atoms with Crippen molar-refractivity contribution in [2.24, 2.45) is 0 Å². The van der Waals surface area contributed by atoms with Gasteiger partial charge in [0.2, 0.25) is 0 Å². The van der Waals surface area contributed by atoms with Gasteiger partial charge < -0.3 is 9.80 Å². The van der Waals surface area contributed by atoms with Crippen LogP contribution in [0.1, 0.15) is 0 Å². The van der Waals surface area contributed by atoms with Crippen molar-refractivity contribution in [1.29, 1.82) is 0 Å². The van der Waals surface area contributed by atoms with Crippen molar-refractivity contribution in [3.63, 3.8) is 0 Å². The third kappa shape index (κ3) is 3.80. The molecular formula is C16H19ClN4O2S. The Morgan fingerprint density at radius 1 is 1.08 bits per heavy atom. The zero-order chi connectivity index (χ0) is 17.2. The SMILES string of the molecule is CN1CCN(c2ccc(NS(=O)(=O)c3ccccc3Cl)nc2)CC1. The van der Waals surface area contributed by atoms with Crippen LogP contribution >= 0.6 is 11.6 Å². The molecule has 2 aromatic rings. The molecule has 0 amide bonds. The predicted molar refractivity (Wildman–Crippen MR) is 96.2 cm³/mol. The molecule has 0 aliphatic carbocycles. The van der Waals surface area contributed by atoms with Gasteiger partial charge in [-0.15, -0.1) is 0 Å². The van der Waals surface area contributed by atoms with Crippen molar-refractivity contribution in [1.82, 2.24) is 9.88 Å². The highest BCUT2D eigenvalue weighted by molar-refractivity contribution is 7.92. The van der Waals surface area contributed by atoms with E-state index in [4.69, 9.17) is 11.6 Å². The topological polar surface area (TPSA) is 65.5 Å². The maximum Gasteiger partial charge on any atom is 0.264 e. The molecule has 0 atom stereocenters. The van der Waals surface area contributed by atoms with Gasteiger partial charge in [0.15, 0.2) is 0 Å². The standard InChI is InChI=1S/C16H19ClN4O2S/c1-20-8-10-21(11-9-20)13-6-7-16(18-12-13)19-24(22,23)15-5-3-2-4-14(15)17/h2-7,12H,8-11H2,1H3,(H,18,19). The average Bonchev–Trinajstić information content (AvgIpc) is 2.56. The van der Waals surface area contributed by atoms with Crippen LogP contribution in [-0.4, -0.2) is 51.5 Å². The molecule has 6 nitrogen and oxygen atoms in total. The van der Waals surface area contributed by atoms with E-state index in [9.17, 15) is 8.42 Å². The van der Waals surface area contributed by atoms with Gasteiger partial charge >= 0.3 is 0 Å².